The number of rotatable bonds is 7. The monoisotopic (exact) mass is 353 g/mol. The van der Waals surface area contributed by atoms with Gasteiger partial charge in [0.1, 0.15) is 0 Å². The van der Waals surface area contributed by atoms with Gasteiger partial charge in [0.05, 0.1) is 4.88 Å². The lowest BCUT2D eigenvalue weighted by Gasteiger charge is -2.29. The summed E-state index contributed by atoms with van der Waals surface area (Å²) in [6.45, 7) is 7.23. The molecule has 0 aliphatic carbocycles. The summed E-state index contributed by atoms with van der Waals surface area (Å²) < 4.78 is 5.20. The smallest absolute Gasteiger partial charge is 0.227 e. The molecule has 2 heterocycles. The molecule has 0 radical (unpaired) electrons. The highest BCUT2D eigenvalue weighted by molar-refractivity contribution is 7.99. The molecule has 0 aliphatic heterocycles. The highest BCUT2D eigenvalue weighted by atomic mass is 32.2. The summed E-state index contributed by atoms with van der Waals surface area (Å²) >= 11 is 3.34. The van der Waals surface area contributed by atoms with Gasteiger partial charge < -0.3 is 9.84 Å². The first-order valence-corrected chi connectivity index (χ1v) is 9.73. The van der Waals surface area contributed by atoms with E-state index in [1.807, 2.05) is 17.5 Å². The van der Waals surface area contributed by atoms with E-state index in [-0.39, 0.29) is 11.3 Å². The molecule has 7 heteroatoms. The van der Waals surface area contributed by atoms with Crippen molar-refractivity contribution in [2.45, 2.75) is 38.9 Å². The van der Waals surface area contributed by atoms with Crippen LogP contribution in [0.1, 0.15) is 33.1 Å². The van der Waals surface area contributed by atoms with Crippen LogP contribution in [-0.4, -0.2) is 34.1 Å². The number of nitrogens with zero attached hydrogens (tertiary/aromatic N) is 2. The zero-order valence-electron chi connectivity index (χ0n) is 14.0. The molecule has 0 aromatic carbocycles. The van der Waals surface area contributed by atoms with Gasteiger partial charge in [-0.1, -0.05) is 32.0 Å². The molecule has 23 heavy (non-hydrogen) atoms. The van der Waals surface area contributed by atoms with Crippen molar-refractivity contribution in [3.63, 3.8) is 0 Å². The molecule has 1 atom stereocenters. The van der Waals surface area contributed by atoms with E-state index >= 15 is 0 Å². The Kier molecular flexibility index (Phi) is 6.24. The molecule has 0 bridgehead atoms. The number of aromatic nitrogens is 2. The normalized spacial score (nSPS) is 13.0. The van der Waals surface area contributed by atoms with Crippen LogP contribution in [0.4, 0.5) is 0 Å². The Morgan fingerprint density at radius 1 is 1.48 bits per heavy atom. The molecule has 2 aromatic rings. The average molecular weight is 354 g/mol. The standard InChI is InChI=1S/C16H23N3O2S2/c1-16(2,3)12(22-4)10-17-13(20)7-8-14-18-15(19-21-14)11-6-5-9-23-11/h5-6,9,12H,7-8,10H2,1-4H3,(H,17,20)/t12-/m1/s1. The van der Waals surface area contributed by atoms with E-state index in [0.717, 1.165) is 4.88 Å². The Morgan fingerprint density at radius 3 is 2.87 bits per heavy atom. The van der Waals surface area contributed by atoms with Crippen molar-refractivity contribution in [1.29, 1.82) is 0 Å². The second-order valence-electron chi connectivity index (χ2n) is 6.38. The molecular weight excluding hydrogens is 330 g/mol. The Bertz CT molecular complexity index is 618. The van der Waals surface area contributed by atoms with Gasteiger partial charge in [0.25, 0.3) is 0 Å². The number of carbonyl (C=O) groups excluding carboxylic acids is 1. The van der Waals surface area contributed by atoms with Gasteiger partial charge in [0.2, 0.25) is 17.6 Å². The van der Waals surface area contributed by atoms with E-state index in [1.165, 1.54) is 0 Å². The third-order valence-electron chi connectivity index (χ3n) is 3.51. The van der Waals surface area contributed by atoms with Crippen LogP contribution >= 0.6 is 23.1 Å². The highest BCUT2D eigenvalue weighted by Gasteiger charge is 2.24. The molecule has 0 fully saturated rings. The third kappa shape index (κ3) is 5.35. The van der Waals surface area contributed by atoms with Crippen molar-refractivity contribution in [1.82, 2.24) is 15.5 Å². The molecule has 5 nitrogen and oxygen atoms in total. The number of hydrogen-bond donors (Lipinski definition) is 1. The van der Waals surface area contributed by atoms with Crippen LogP contribution in [-0.2, 0) is 11.2 Å². The predicted octanol–water partition coefficient (Wildman–Crippen LogP) is 3.62. The van der Waals surface area contributed by atoms with Crippen LogP contribution in [0.25, 0.3) is 10.7 Å². The number of amides is 1. The van der Waals surface area contributed by atoms with E-state index in [1.54, 1.807) is 23.1 Å². The lowest BCUT2D eigenvalue weighted by Crippen LogP contribution is -2.37. The van der Waals surface area contributed by atoms with Crippen LogP contribution < -0.4 is 5.32 Å². The van der Waals surface area contributed by atoms with Gasteiger partial charge in [0, 0.05) is 24.6 Å². The first-order chi connectivity index (χ1) is 10.9. The van der Waals surface area contributed by atoms with Gasteiger partial charge in [-0.15, -0.1) is 11.3 Å². The lowest BCUT2D eigenvalue weighted by molar-refractivity contribution is -0.121. The minimum atomic E-state index is 0.0178. The van der Waals surface area contributed by atoms with E-state index in [2.05, 4.69) is 42.5 Å². The Balaban J connectivity index is 1.78. The first-order valence-electron chi connectivity index (χ1n) is 7.56. The van der Waals surface area contributed by atoms with E-state index < -0.39 is 0 Å². The molecule has 0 saturated carbocycles. The molecule has 2 rings (SSSR count). The van der Waals surface area contributed by atoms with Gasteiger partial charge in [-0.3, -0.25) is 4.79 Å². The Labute approximate surface area is 145 Å². The fourth-order valence-electron chi connectivity index (χ4n) is 2.12. The quantitative estimate of drug-likeness (QED) is 0.823. The topological polar surface area (TPSA) is 68.0 Å². The summed E-state index contributed by atoms with van der Waals surface area (Å²) in [6, 6.07) is 3.89. The molecular formula is C16H23N3O2S2. The summed E-state index contributed by atoms with van der Waals surface area (Å²) in [7, 11) is 0. The zero-order valence-corrected chi connectivity index (χ0v) is 15.6. The summed E-state index contributed by atoms with van der Waals surface area (Å²) in [5.41, 5.74) is 0.162. The molecule has 0 aliphatic rings. The second-order valence-corrected chi connectivity index (χ2v) is 8.37. The fourth-order valence-corrected chi connectivity index (χ4v) is 3.73. The number of aryl methyl sites for hydroxylation is 1. The van der Waals surface area contributed by atoms with Crippen molar-refractivity contribution >= 4 is 29.0 Å². The largest absolute Gasteiger partial charge is 0.355 e. The summed E-state index contributed by atoms with van der Waals surface area (Å²) in [4.78, 5) is 17.3. The van der Waals surface area contributed by atoms with Gasteiger partial charge in [-0.25, -0.2) is 0 Å². The summed E-state index contributed by atoms with van der Waals surface area (Å²) in [5.74, 6) is 1.11. The summed E-state index contributed by atoms with van der Waals surface area (Å²) in [5, 5.41) is 9.30. The molecule has 0 spiro atoms. The van der Waals surface area contributed by atoms with Crippen LogP contribution in [0.3, 0.4) is 0 Å². The van der Waals surface area contributed by atoms with Crippen LogP contribution in [0.5, 0.6) is 0 Å². The fraction of sp³-hybridized carbons (Fsp3) is 0.562. The maximum atomic E-state index is 12.0. The maximum Gasteiger partial charge on any atom is 0.227 e. The minimum Gasteiger partial charge on any atom is -0.355 e. The van der Waals surface area contributed by atoms with Crippen molar-refractivity contribution < 1.29 is 9.32 Å². The molecule has 1 amide bonds. The predicted molar refractivity (Wildman–Crippen MR) is 95.7 cm³/mol. The Morgan fingerprint density at radius 2 is 2.26 bits per heavy atom. The average Bonchev–Trinajstić information content (AvgIpc) is 3.15. The zero-order chi connectivity index (χ0) is 16.9. The van der Waals surface area contributed by atoms with Crippen molar-refractivity contribution in [3.8, 4) is 10.7 Å². The number of thioether (sulfide) groups is 1. The van der Waals surface area contributed by atoms with Crippen LogP contribution in [0.15, 0.2) is 22.0 Å². The van der Waals surface area contributed by atoms with Gasteiger partial charge in [0.15, 0.2) is 0 Å². The van der Waals surface area contributed by atoms with Crippen molar-refractivity contribution in [2.75, 3.05) is 12.8 Å². The lowest BCUT2D eigenvalue weighted by atomic mass is 9.91. The van der Waals surface area contributed by atoms with E-state index in [9.17, 15) is 4.79 Å². The van der Waals surface area contributed by atoms with Crippen LogP contribution in [0, 0.1) is 5.41 Å². The van der Waals surface area contributed by atoms with E-state index in [4.69, 9.17) is 4.52 Å². The SMILES string of the molecule is CS[C@H](CNC(=O)CCc1nc(-c2cccs2)no1)C(C)(C)C. The molecule has 0 saturated heterocycles. The third-order valence-corrected chi connectivity index (χ3v) is 5.82. The molecule has 126 valence electrons. The van der Waals surface area contributed by atoms with Crippen LogP contribution in [0.2, 0.25) is 0 Å². The minimum absolute atomic E-state index is 0.0178. The maximum absolute atomic E-state index is 12.0. The highest BCUT2D eigenvalue weighted by Crippen LogP contribution is 2.28. The van der Waals surface area contributed by atoms with E-state index in [0.29, 0.717) is 36.4 Å². The van der Waals surface area contributed by atoms with Crippen molar-refractivity contribution in [2.24, 2.45) is 5.41 Å². The molecule has 1 N–H and O–H groups in total. The first kappa shape index (κ1) is 18.0. The number of thiophene rings is 1. The Hall–Kier alpha value is -1.34. The van der Waals surface area contributed by atoms with Gasteiger partial charge >= 0.3 is 0 Å². The second kappa shape index (κ2) is 7.97. The number of hydrogen-bond acceptors (Lipinski definition) is 6. The summed E-state index contributed by atoms with van der Waals surface area (Å²) in [6.07, 6.45) is 2.90. The molecule has 0 unspecified atom stereocenters. The number of nitrogens with one attached hydrogen (secondary N) is 1. The number of carbonyl (C=O) groups is 1. The van der Waals surface area contributed by atoms with Gasteiger partial charge in [-0.05, 0) is 23.1 Å². The van der Waals surface area contributed by atoms with Gasteiger partial charge in [-0.2, -0.15) is 16.7 Å². The molecule has 2 aromatic heterocycles. The van der Waals surface area contributed by atoms with Crippen molar-refractivity contribution in [3.05, 3.63) is 23.4 Å².